The van der Waals surface area contributed by atoms with E-state index in [0.717, 1.165) is 35.3 Å². The van der Waals surface area contributed by atoms with Gasteiger partial charge in [0.15, 0.2) is 0 Å². The number of halogens is 1. The van der Waals surface area contributed by atoms with Crippen molar-refractivity contribution in [2.75, 3.05) is 55.3 Å². The summed E-state index contributed by atoms with van der Waals surface area (Å²) in [4.78, 5) is 54.9. The molecule has 5 heterocycles. The van der Waals surface area contributed by atoms with Crippen LogP contribution in [-0.4, -0.2) is 81.6 Å². The molecule has 6 rings (SSSR count). The van der Waals surface area contributed by atoms with Crippen LogP contribution in [0.4, 0.5) is 17.1 Å². The number of hydrogen-bond acceptors (Lipinski definition) is 7. The van der Waals surface area contributed by atoms with Crippen molar-refractivity contribution in [3.05, 3.63) is 87.5 Å². The third-order valence-electron chi connectivity index (χ3n) is 8.29. The van der Waals surface area contributed by atoms with Crippen LogP contribution < -0.4 is 21.3 Å². The second kappa shape index (κ2) is 14.3. The van der Waals surface area contributed by atoms with E-state index in [-0.39, 0.29) is 11.8 Å². The lowest BCUT2D eigenvalue weighted by Crippen LogP contribution is -2.41. The van der Waals surface area contributed by atoms with Crippen LogP contribution in [-0.2, 0) is 25.9 Å². The number of carbonyl (C=O) groups is 4. The molecule has 0 unspecified atom stereocenters. The molecule has 0 aliphatic carbocycles. The second-order valence-electron chi connectivity index (χ2n) is 12.0. The molecule has 0 spiro atoms. The Hall–Kier alpha value is -4.89. The minimum Gasteiger partial charge on any atom is -0.379 e. The van der Waals surface area contributed by atoms with Gasteiger partial charge in [0.1, 0.15) is 22.0 Å². The number of aromatic nitrogens is 3. The number of hydrogen-bond donors (Lipinski definition) is 4. The molecule has 15 heteroatoms. The van der Waals surface area contributed by atoms with E-state index >= 15 is 0 Å². The molecule has 256 valence electrons. The molecule has 1 fully saturated rings. The Balaban J connectivity index is 1.05. The van der Waals surface area contributed by atoms with E-state index in [9.17, 15) is 19.2 Å². The van der Waals surface area contributed by atoms with Crippen LogP contribution in [0.2, 0.25) is 5.02 Å². The zero-order valence-electron chi connectivity index (χ0n) is 27.6. The van der Waals surface area contributed by atoms with E-state index in [2.05, 4.69) is 26.2 Å². The fourth-order valence-electron chi connectivity index (χ4n) is 5.72. The van der Waals surface area contributed by atoms with Gasteiger partial charge >= 0.3 is 0 Å². The summed E-state index contributed by atoms with van der Waals surface area (Å²) in [5.74, 6) is -1.44. The number of rotatable bonds is 10. The summed E-state index contributed by atoms with van der Waals surface area (Å²) in [6.07, 6.45) is 4.93. The van der Waals surface area contributed by atoms with Crippen LogP contribution in [0.3, 0.4) is 0 Å². The number of anilines is 3. The van der Waals surface area contributed by atoms with E-state index in [1.807, 2.05) is 25.1 Å². The Bertz CT molecular complexity index is 2070. The zero-order valence-corrected chi connectivity index (χ0v) is 29.1. The number of fused-ring (bicyclic) bond motifs is 1. The highest BCUT2D eigenvalue weighted by molar-refractivity contribution is 7.21. The topological polar surface area (TPSA) is 144 Å². The minimum absolute atomic E-state index is 0.234. The quantitative estimate of drug-likeness (QED) is 0.166. The van der Waals surface area contributed by atoms with E-state index in [1.165, 1.54) is 11.3 Å². The molecule has 0 atom stereocenters. The normalized spacial score (nSPS) is 13.4. The van der Waals surface area contributed by atoms with Gasteiger partial charge in [0, 0.05) is 76.0 Å². The highest BCUT2D eigenvalue weighted by Crippen LogP contribution is 2.36. The summed E-state index contributed by atoms with van der Waals surface area (Å²) in [5.41, 5.74) is 3.38. The lowest BCUT2D eigenvalue weighted by molar-refractivity contribution is 0.0383. The predicted molar refractivity (Wildman–Crippen MR) is 191 cm³/mol. The van der Waals surface area contributed by atoms with Gasteiger partial charge in [-0.25, -0.2) is 0 Å². The summed E-state index contributed by atoms with van der Waals surface area (Å²) >= 11 is 7.83. The largest absolute Gasteiger partial charge is 0.379 e. The number of amides is 4. The molecule has 0 bridgehead atoms. The van der Waals surface area contributed by atoms with Gasteiger partial charge in [0.2, 0.25) is 0 Å². The molecule has 4 amide bonds. The molecule has 4 aromatic heterocycles. The van der Waals surface area contributed by atoms with Gasteiger partial charge in [-0.2, -0.15) is 0 Å². The molecule has 1 aliphatic rings. The van der Waals surface area contributed by atoms with Crippen molar-refractivity contribution in [3.63, 3.8) is 0 Å². The van der Waals surface area contributed by atoms with Crippen LogP contribution >= 0.6 is 22.9 Å². The average molecular weight is 705 g/mol. The summed E-state index contributed by atoms with van der Waals surface area (Å²) in [6, 6.07) is 10.6. The fraction of sp³-hybridized carbons (Fsp3) is 0.294. The Labute approximate surface area is 291 Å². The number of benzene rings is 1. The van der Waals surface area contributed by atoms with E-state index in [0.29, 0.717) is 63.8 Å². The van der Waals surface area contributed by atoms with Crippen molar-refractivity contribution in [1.82, 2.24) is 23.9 Å². The molecule has 4 N–H and O–H groups in total. The highest BCUT2D eigenvalue weighted by atomic mass is 35.5. The average Bonchev–Trinajstić information content (AvgIpc) is 3.81. The number of ether oxygens (including phenoxy) is 1. The molecule has 1 aliphatic heterocycles. The van der Waals surface area contributed by atoms with Crippen LogP contribution in [0.1, 0.15) is 46.7 Å². The third kappa shape index (κ3) is 7.57. The third-order valence-corrected chi connectivity index (χ3v) is 9.95. The van der Waals surface area contributed by atoms with Gasteiger partial charge in [0.25, 0.3) is 23.6 Å². The van der Waals surface area contributed by atoms with Gasteiger partial charge in [-0.05, 0) is 36.8 Å². The Kier molecular flexibility index (Phi) is 9.92. The van der Waals surface area contributed by atoms with Crippen molar-refractivity contribution >= 4 is 73.7 Å². The van der Waals surface area contributed by atoms with Crippen molar-refractivity contribution in [3.8, 4) is 0 Å². The number of nitrogens with zero attached hydrogens (tertiary/aromatic N) is 4. The number of aryl methyl sites for hydroxylation is 4. The lowest BCUT2D eigenvalue weighted by Gasteiger charge is -2.26. The van der Waals surface area contributed by atoms with Crippen molar-refractivity contribution in [2.24, 2.45) is 21.1 Å². The number of nitrogens with one attached hydrogen (secondary N) is 4. The zero-order chi connectivity index (χ0) is 34.8. The molecule has 49 heavy (non-hydrogen) atoms. The van der Waals surface area contributed by atoms with Crippen LogP contribution in [0.5, 0.6) is 0 Å². The highest BCUT2D eigenvalue weighted by Gasteiger charge is 2.21. The van der Waals surface area contributed by atoms with Gasteiger partial charge in [-0.1, -0.05) is 23.7 Å². The molecular formula is C34H37ClN8O5S. The molecule has 0 radical (unpaired) electrons. The Morgan fingerprint density at radius 3 is 1.82 bits per heavy atom. The van der Waals surface area contributed by atoms with Gasteiger partial charge < -0.3 is 39.7 Å². The van der Waals surface area contributed by atoms with Crippen molar-refractivity contribution in [1.29, 1.82) is 0 Å². The van der Waals surface area contributed by atoms with Gasteiger partial charge in [-0.3, -0.25) is 24.1 Å². The number of carbonyl (C=O) groups excluding carboxylic acids is 4. The van der Waals surface area contributed by atoms with Crippen molar-refractivity contribution in [2.45, 2.75) is 6.92 Å². The van der Waals surface area contributed by atoms with Crippen LogP contribution in [0.15, 0.2) is 55.0 Å². The van der Waals surface area contributed by atoms with Crippen LogP contribution in [0.25, 0.3) is 10.1 Å². The summed E-state index contributed by atoms with van der Waals surface area (Å²) < 4.78 is 11.1. The SMILES string of the molecule is Cc1ccc2c(Cl)c(C(=O)Nc3cc(C(=O)Nc4cc(C(=O)Nc5cc(C(=O)NCCN6CCOCC6)n(C)c5)n(C)c4)n(C)c3)sc2c1. The van der Waals surface area contributed by atoms with Gasteiger partial charge in [0.05, 0.1) is 35.3 Å². The lowest BCUT2D eigenvalue weighted by atomic mass is 10.2. The minimum atomic E-state index is -0.428. The van der Waals surface area contributed by atoms with E-state index in [1.54, 1.807) is 71.6 Å². The molecule has 1 saturated heterocycles. The molecular weight excluding hydrogens is 668 g/mol. The number of thiophene rings is 1. The van der Waals surface area contributed by atoms with Crippen LogP contribution in [0, 0.1) is 6.92 Å². The molecule has 13 nitrogen and oxygen atoms in total. The summed E-state index contributed by atoms with van der Waals surface area (Å²) in [5, 5.41) is 12.6. The first-order valence-corrected chi connectivity index (χ1v) is 16.9. The maximum Gasteiger partial charge on any atom is 0.272 e. The molecule has 0 saturated carbocycles. The van der Waals surface area contributed by atoms with E-state index < -0.39 is 11.8 Å². The van der Waals surface area contributed by atoms with E-state index in [4.69, 9.17) is 16.3 Å². The Morgan fingerprint density at radius 1 is 0.755 bits per heavy atom. The monoisotopic (exact) mass is 704 g/mol. The maximum atomic E-state index is 13.2. The standard InChI is InChI=1S/C34H37ClN8O5S/c1-20-5-6-24-28(13-20)49-30(29(24)35)34(47)39-23-16-27(42(4)19-23)33(46)38-22-15-26(41(3)18-22)32(45)37-21-14-25(40(2)17-21)31(44)36-7-8-43-9-11-48-12-10-43/h5-6,13-19H,7-12H2,1-4H3,(H,36,44)(H,37,45)(H,38,46)(H,39,47). The summed E-state index contributed by atoms with van der Waals surface area (Å²) in [6.45, 7) is 6.30. The fourth-order valence-corrected chi connectivity index (χ4v) is 7.23. The first-order valence-electron chi connectivity index (χ1n) is 15.7. The second-order valence-corrected chi connectivity index (χ2v) is 13.4. The first-order chi connectivity index (χ1) is 23.5. The molecule has 1 aromatic carbocycles. The maximum absolute atomic E-state index is 13.2. The Morgan fingerprint density at radius 2 is 1.27 bits per heavy atom. The first kappa shape index (κ1) is 34.0. The smallest absolute Gasteiger partial charge is 0.272 e. The molecule has 5 aromatic rings. The number of morpholine rings is 1. The summed E-state index contributed by atoms with van der Waals surface area (Å²) in [7, 11) is 5.13. The predicted octanol–water partition coefficient (Wildman–Crippen LogP) is 4.70. The van der Waals surface area contributed by atoms with Gasteiger partial charge in [-0.15, -0.1) is 11.3 Å². The van der Waals surface area contributed by atoms with Crippen molar-refractivity contribution < 1.29 is 23.9 Å².